The largest absolute Gasteiger partial charge is 0.481 e. The molecule has 1 unspecified atom stereocenters. The maximum atomic E-state index is 11.5. The molecule has 0 spiro atoms. The predicted octanol–water partition coefficient (Wildman–Crippen LogP) is -0.127. The molecule has 88 valence electrons. The third-order valence-electron chi connectivity index (χ3n) is 1.89. The van der Waals surface area contributed by atoms with E-state index in [1.807, 2.05) is 0 Å². The highest BCUT2D eigenvalue weighted by Gasteiger charge is 2.15. The highest BCUT2D eigenvalue weighted by atomic mass is 16.4. The molecule has 0 saturated carbocycles. The van der Waals surface area contributed by atoms with Crippen LogP contribution in [-0.2, 0) is 4.79 Å². The second-order valence-electron chi connectivity index (χ2n) is 3.25. The molecule has 0 bridgehead atoms. The molecule has 0 aliphatic heterocycles. The zero-order chi connectivity index (χ0) is 11.8. The molecule has 0 aliphatic rings. The first-order valence-electron chi connectivity index (χ1n) is 4.89. The third-order valence-corrected chi connectivity index (χ3v) is 1.89. The molecule has 1 atom stereocenters. The number of hydrogen-bond acceptors (Lipinski definition) is 3. The fourth-order valence-corrected chi connectivity index (χ4v) is 1.14. The molecule has 0 radical (unpaired) electrons. The monoisotopic (exact) mass is 218 g/mol. The zero-order valence-corrected chi connectivity index (χ0v) is 9.06. The molecule has 3 N–H and O–H groups in total. The number of rotatable bonds is 6. The van der Waals surface area contributed by atoms with Crippen LogP contribution in [0.2, 0.25) is 0 Å². The number of urea groups is 1. The first-order chi connectivity index (χ1) is 7.01. The lowest BCUT2D eigenvalue weighted by Gasteiger charge is -2.22. The molecule has 0 aromatic carbocycles. The van der Waals surface area contributed by atoms with E-state index in [0.717, 1.165) is 0 Å². The second kappa shape index (κ2) is 7.05. The van der Waals surface area contributed by atoms with Crippen LogP contribution < -0.4 is 5.32 Å². The van der Waals surface area contributed by atoms with E-state index < -0.39 is 12.0 Å². The summed E-state index contributed by atoms with van der Waals surface area (Å²) in [6.07, 6.45) is -0.109. The van der Waals surface area contributed by atoms with Crippen LogP contribution in [0.4, 0.5) is 4.79 Å². The lowest BCUT2D eigenvalue weighted by molar-refractivity contribution is -0.137. The first kappa shape index (κ1) is 13.7. The van der Waals surface area contributed by atoms with Crippen LogP contribution in [0.3, 0.4) is 0 Å². The van der Waals surface area contributed by atoms with Crippen LogP contribution in [0.15, 0.2) is 0 Å². The van der Waals surface area contributed by atoms with Gasteiger partial charge in [0.2, 0.25) is 0 Å². The van der Waals surface area contributed by atoms with E-state index in [1.165, 1.54) is 4.90 Å². The SMILES string of the molecule is CCN(CCO)C(=O)NC(C)CC(=O)O. The third kappa shape index (κ3) is 5.90. The van der Waals surface area contributed by atoms with E-state index in [9.17, 15) is 9.59 Å². The Bertz CT molecular complexity index is 220. The summed E-state index contributed by atoms with van der Waals surface area (Å²) in [5, 5.41) is 19.7. The summed E-state index contributed by atoms with van der Waals surface area (Å²) in [4.78, 5) is 23.2. The quantitative estimate of drug-likeness (QED) is 0.579. The minimum Gasteiger partial charge on any atom is -0.481 e. The summed E-state index contributed by atoms with van der Waals surface area (Å²) in [6.45, 7) is 4.04. The Labute approximate surface area is 88.9 Å². The number of carboxylic acid groups (broad SMARTS) is 1. The molecule has 2 amide bonds. The number of carbonyl (C=O) groups is 2. The Balaban J connectivity index is 4.03. The molecular weight excluding hydrogens is 200 g/mol. The average molecular weight is 218 g/mol. The van der Waals surface area contributed by atoms with Crippen LogP contribution in [0.5, 0.6) is 0 Å². The average Bonchev–Trinajstić information content (AvgIpc) is 2.12. The minimum atomic E-state index is -0.951. The number of aliphatic hydroxyl groups is 1. The van der Waals surface area contributed by atoms with Crippen molar-refractivity contribution in [1.82, 2.24) is 10.2 Å². The highest BCUT2D eigenvalue weighted by Crippen LogP contribution is 1.94. The van der Waals surface area contributed by atoms with Crippen molar-refractivity contribution in [2.45, 2.75) is 26.3 Å². The smallest absolute Gasteiger partial charge is 0.317 e. The first-order valence-corrected chi connectivity index (χ1v) is 4.89. The van der Waals surface area contributed by atoms with Crippen LogP contribution in [0.1, 0.15) is 20.3 Å². The normalized spacial score (nSPS) is 11.9. The van der Waals surface area contributed by atoms with Gasteiger partial charge in [0, 0.05) is 19.1 Å². The van der Waals surface area contributed by atoms with E-state index in [2.05, 4.69) is 5.32 Å². The second-order valence-corrected chi connectivity index (χ2v) is 3.25. The molecule has 0 rings (SSSR count). The van der Waals surface area contributed by atoms with Gasteiger partial charge in [0.15, 0.2) is 0 Å². The summed E-state index contributed by atoms with van der Waals surface area (Å²) in [7, 11) is 0. The lowest BCUT2D eigenvalue weighted by atomic mass is 10.2. The topological polar surface area (TPSA) is 89.9 Å². The molecule has 0 fully saturated rings. The number of carbonyl (C=O) groups excluding carboxylic acids is 1. The highest BCUT2D eigenvalue weighted by molar-refractivity contribution is 5.75. The number of likely N-dealkylation sites (N-methyl/N-ethyl adjacent to an activating group) is 1. The standard InChI is InChI=1S/C9H18N2O4/c1-3-11(4-5-12)9(15)10-7(2)6-8(13)14/h7,12H,3-6H2,1-2H3,(H,10,15)(H,13,14). The van der Waals surface area contributed by atoms with Gasteiger partial charge >= 0.3 is 12.0 Å². The number of aliphatic carboxylic acids is 1. The van der Waals surface area contributed by atoms with Gasteiger partial charge in [-0.2, -0.15) is 0 Å². The number of hydrogen-bond donors (Lipinski definition) is 3. The van der Waals surface area contributed by atoms with Gasteiger partial charge in [-0.1, -0.05) is 0 Å². The van der Waals surface area contributed by atoms with E-state index >= 15 is 0 Å². The van der Waals surface area contributed by atoms with Gasteiger partial charge in [0.05, 0.1) is 13.0 Å². The van der Waals surface area contributed by atoms with Crippen LogP contribution >= 0.6 is 0 Å². The zero-order valence-electron chi connectivity index (χ0n) is 9.06. The molecule has 0 aliphatic carbocycles. The number of nitrogens with zero attached hydrogens (tertiary/aromatic N) is 1. The van der Waals surface area contributed by atoms with Crippen molar-refractivity contribution in [3.63, 3.8) is 0 Å². The lowest BCUT2D eigenvalue weighted by Crippen LogP contribution is -2.45. The molecule has 15 heavy (non-hydrogen) atoms. The number of nitrogens with one attached hydrogen (secondary N) is 1. The summed E-state index contributed by atoms with van der Waals surface area (Å²) in [6, 6.07) is -0.761. The van der Waals surface area contributed by atoms with Crippen LogP contribution in [-0.4, -0.2) is 52.9 Å². The van der Waals surface area contributed by atoms with Gasteiger partial charge in [0.25, 0.3) is 0 Å². The molecule has 0 heterocycles. The van der Waals surface area contributed by atoms with Gasteiger partial charge in [-0.25, -0.2) is 4.79 Å². The number of amides is 2. The molecule has 0 aromatic heterocycles. The molecule has 6 heteroatoms. The Morgan fingerprint density at radius 2 is 2.07 bits per heavy atom. The molecule has 0 aromatic rings. The Hall–Kier alpha value is -1.30. The van der Waals surface area contributed by atoms with Crippen molar-refractivity contribution in [2.24, 2.45) is 0 Å². The van der Waals surface area contributed by atoms with Gasteiger partial charge in [-0.15, -0.1) is 0 Å². The van der Waals surface area contributed by atoms with Crippen molar-refractivity contribution in [3.8, 4) is 0 Å². The number of aliphatic hydroxyl groups excluding tert-OH is 1. The minimum absolute atomic E-state index is 0.103. The molecule has 6 nitrogen and oxygen atoms in total. The fourth-order valence-electron chi connectivity index (χ4n) is 1.14. The fraction of sp³-hybridized carbons (Fsp3) is 0.778. The Kier molecular flexibility index (Phi) is 6.44. The van der Waals surface area contributed by atoms with Gasteiger partial charge in [-0.05, 0) is 13.8 Å². The summed E-state index contributed by atoms with van der Waals surface area (Å²) < 4.78 is 0. The summed E-state index contributed by atoms with van der Waals surface area (Å²) in [5.74, 6) is -0.951. The molecular formula is C9H18N2O4. The van der Waals surface area contributed by atoms with Crippen LogP contribution in [0.25, 0.3) is 0 Å². The van der Waals surface area contributed by atoms with Crippen molar-refractivity contribution < 1.29 is 19.8 Å². The Morgan fingerprint density at radius 3 is 2.47 bits per heavy atom. The van der Waals surface area contributed by atoms with Crippen molar-refractivity contribution >= 4 is 12.0 Å². The van der Waals surface area contributed by atoms with Crippen molar-refractivity contribution in [1.29, 1.82) is 0 Å². The van der Waals surface area contributed by atoms with Crippen LogP contribution in [0, 0.1) is 0 Å². The van der Waals surface area contributed by atoms with Gasteiger partial charge in [0.1, 0.15) is 0 Å². The van der Waals surface area contributed by atoms with Gasteiger partial charge < -0.3 is 20.4 Å². The van der Waals surface area contributed by atoms with Crippen molar-refractivity contribution in [2.75, 3.05) is 19.7 Å². The van der Waals surface area contributed by atoms with E-state index in [-0.39, 0.29) is 25.6 Å². The summed E-state index contributed by atoms with van der Waals surface area (Å²) >= 11 is 0. The predicted molar refractivity (Wildman–Crippen MR) is 54.6 cm³/mol. The maximum Gasteiger partial charge on any atom is 0.317 e. The van der Waals surface area contributed by atoms with E-state index in [4.69, 9.17) is 10.2 Å². The van der Waals surface area contributed by atoms with Crippen molar-refractivity contribution in [3.05, 3.63) is 0 Å². The summed E-state index contributed by atoms with van der Waals surface area (Å²) in [5.41, 5.74) is 0. The van der Waals surface area contributed by atoms with Gasteiger partial charge in [-0.3, -0.25) is 4.79 Å². The van der Waals surface area contributed by atoms with E-state index in [0.29, 0.717) is 6.54 Å². The molecule has 0 saturated heterocycles. The number of carboxylic acids is 1. The van der Waals surface area contributed by atoms with E-state index in [1.54, 1.807) is 13.8 Å². The Morgan fingerprint density at radius 1 is 1.47 bits per heavy atom. The maximum absolute atomic E-state index is 11.5.